The van der Waals surface area contributed by atoms with Crippen molar-refractivity contribution in [1.82, 2.24) is 0 Å². The first-order chi connectivity index (χ1) is 12.0. The zero-order valence-corrected chi connectivity index (χ0v) is 14.6. The molecule has 0 aromatic heterocycles. The van der Waals surface area contributed by atoms with Gasteiger partial charge in [-0.05, 0) is 25.3 Å². The standard InChI is InChI=1S/C20H28O5/c1-2-17(21)11-8-5-9-14-18(22)12-6-3-4-7-13-19(23)15-10-16-20(24)25/h3-9,11-13,18-19,22-23H,2,10,14-16H2,1H3,(H,24,25)/b4-3+,9-5-,11-8+,12-6+,13-7-/t18-,19+/m0/s1. The third kappa shape index (κ3) is 16.4. The van der Waals surface area contributed by atoms with Gasteiger partial charge in [-0.1, -0.05) is 61.6 Å². The summed E-state index contributed by atoms with van der Waals surface area (Å²) >= 11 is 0. The van der Waals surface area contributed by atoms with Crippen LogP contribution < -0.4 is 0 Å². The SMILES string of the molecule is CCC(=O)/C=C/C=C\C[C@@H](O)/C=C/C=C/C=C\[C@@H](O)CCCC(=O)O. The molecule has 0 aromatic rings. The lowest BCUT2D eigenvalue weighted by Crippen LogP contribution is -2.03. The number of carboxylic acid groups (broad SMARTS) is 1. The molecular weight excluding hydrogens is 320 g/mol. The van der Waals surface area contributed by atoms with E-state index >= 15 is 0 Å². The van der Waals surface area contributed by atoms with Gasteiger partial charge in [-0.25, -0.2) is 0 Å². The van der Waals surface area contributed by atoms with E-state index in [9.17, 15) is 19.8 Å². The Morgan fingerprint density at radius 2 is 1.56 bits per heavy atom. The van der Waals surface area contributed by atoms with Crippen molar-refractivity contribution in [3.63, 3.8) is 0 Å². The predicted molar refractivity (Wildman–Crippen MR) is 99.1 cm³/mol. The Kier molecular flexibility index (Phi) is 13.9. The molecule has 0 bridgehead atoms. The molecule has 138 valence electrons. The second kappa shape index (κ2) is 15.3. The molecule has 0 unspecified atom stereocenters. The van der Waals surface area contributed by atoms with Crippen LogP contribution >= 0.6 is 0 Å². The maximum Gasteiger partial charge on any atom is 0.303 e. The minimum atomic E-state index is -0.861. The lowest BCUT2D eigenvalue weighted by atomic mass is 10.1. The maximum absolute atomic E-state index is 11.0. The molecule has 0 aliphatic carbocycles. The molecule has 0 aromatic carbocycles. The fraction of sp³-hybridized carbons (Fsp3) is 0.400. The average Bonchev–Trinajstić information content (AvgIpc) is 2.57. The van der Waals surface area contributed by atoms with Gasteiger partial charge in [0.25, 0.3) is 0 Å². The molecule has 5 heteroatoms. The average molecular weight is 348 g/mol. The molecule has 0 saturated carbocycles. The van der Waals surface area contributed by atoms with E-state index in [1.165, 1.54) is 6.08 Å². The van der Waals surface area contributed by atoms with Crippen molar-refractivity contribution < 1.29 is 24.9 Å². The van der Waals surface area contributed by atoms with Crippen LogP contribution in [0.2, 0.25) is 0 Å². The van der Waals surface area contributed by atoms with Crippen molar-refractivity contribution in [3.05, 3.63) is 60.8 Å². The number of allylic oxidation sites excluding steroid dienone is 7. The highest BCUT2D eigenvalue weighted by atomic mass is 16.4. The van der Waals surface area contributed by atoms with Gasteiger partial charge in [0.05, 0.1) is 12.2 Å². The summed E-state index contributed by atoms with van der Waals surface area (Å²) in [7, 11) is 0. The zero-order valence-electron chi connectivity index (χ0n) is 14.6. The third-order valence-corrected chi connectivity index (χ3v) is 3.15. The molecule has 5 nitrogen and oxygen atoms in total. The second-order valence-corrected chi connectivity index (χ2v) is 5.42. The van der Waals surface area contributed by atoms with Crippen LogP contribution in [0.25, 0.3) is 0 Å². The van der Waals surface area contributed by atoms with Gasteiger partial charge in [-0.2, -0.15) is 0 Å². The smallest absolute Gasteiger partial charge is 0.303 e. The Balaban J connectivity index is 3.97. The van der Waals surface area contributed by atoms with Crippen LogP contribution in [0.1, 0.15) is 39.0 Å². The fourth-order valence-electron chi connectivity index (χ4n) is 1.73. The molecular formula is C20H28O5. The second-order valence-electron chi connectivity index (χ2n) is 5.42. The van der Waals surface area contributed by atoms with Gasteiger partial charge >= 0.3 is 5.97 Å². The van der Waals surface area contributed by atoms with E-state index in [2.05, 4.69) is 0 Å². The lowest BCUT2D eigenvalue weighted by Gasteiger charge is -2.02. The first-order valence-corrected chi connectivity index (χ1v) is 8.41. The first-order valence-electron chi connectivity index (χ1n) is 8.41. The van der Waals surface area contributed by atoms with Gasteiger partial charge in [-0.15, -0.1) is 0 Å². The van der Waals surface area contributed by atoms with Gasteiger partial charge in [0, 0.05) is 12.8 Å². The van der Waals surface area contributed by atoms with Crippen LogP contribution in [0, 0.1) is 0 Å². The molecule has 25 heavy (non-hydrogen) atoms. The van der Waals surface area contributed by atoms with Crippen LogP contribution in [0.5, 0.6) is 0 Å². The molecule has 0 aliphatic heterocycles. The van der Waals surface area contributed by atoms with E-state index in [1.807, 2.05) is 0 Å². The number of rotatable bonds is 13. The Morgan fingerprint density at radius 1 is 0.920 bits per heavy atom. The van der Waals surface area contributed by atoms with Crippen LogP contribution in [0.15, 0.2) is 60.8 Å². The molecule has 0 spiro atoms. The van der Waals surface area contributed by atoms with Crippen LogP contribution in [0.4, 0.5) is 0 Å². The number of carboxylic acids is 1. The predicted octanol–water partition coefficient (Wildman–Crippen LogP) is 3.11. The van der Waals surface area contributed by atoms with Crippen LogP contribution in [-0.4, -0.2) is 39.3 Å². The maximum atomic E-state index is 11.0. The molecule has 2 atom stereocenters. The summed E-state index contributed by atoms with van der Waals surface area (Å²) in [5.74, 6) is -0.796. The highest BCUT2D eigenvalue weighted by molar-refractivity contribution is 5.89. The molecule has 0 radical (unpaired) electrons. The van der Waals surface area contributed by atoms with E-state index in [1.54, 1.807) is 61.6 Å². The number of aliphatic hydroxyl groups excluding tert-OH is 2. The Hall–Kier alpha value is -2.24. The molecule has 3 N–H and O–H groups in total. The number of aliphatic carboxylic acids is 1. The van der Waals surface area contributed by atoms with Gasteiger partial charge in [0.1, 0.15) is 0 Å². The van der Waals surface area contributed by atoms with Crippen molar-refractivity contribution in [2.75, 3.05) is 0 Å². The Bertz CT molecular complexity index is 526. The molecule has 0 saturated heterocycles. The van der Waals surface area contributed by atoms with Crippen molar-refractivity contribution in [2.45, 2.75) is 51.2 Å². The number of ketones is 1. The Morgan fingerprint density at radius 3 is 2.16 bits per heavy atom. The van der Waals surface area contributed by atoms with E-state index in [4.69, 9.17) is 5.11 Å². The molecule has 0 fully saturated rings. The summed E-state index contributed by atoms with van der Waals surface area (Å²) < 4.78 is 0. The molecule has 0 amide bonds. The quantitative estimate of drug-likeness (QED) is 0.351. The summed E-state index contributed by atoms with van der Waals surface area (Å²) in [4.78, 5) is 21.4. The summed E-state index contributed by atoms with van der Waals surface area (Å²) in [6.07, 6.45) is 17.3. The number of aliphatic hydroxyl groups is 2. The molecule has 0 aliphatic rings. The van der Waals surface area contributed by atoms with Gasteiger partial charge in [0.15, 0.2) is 5.78 Å². The first kappa shape index (κ1) is 22.8. The number of hydrogen-bond donors (Lipinski definition) is 3. The molecule has 0 heterocycles. The number of carbonyl (C=O) groups is 2. The van der Waals surface area contributed by atoms with E-state index < -0.39 is 18.2 Å². The van der Waals surface area contributed by atoms with E-state index in [0.717, 1.165) is 0 Å². The summed E-state index contributed by atoms with van der Waals surface area (Å²) in [6.45, 7) is 1.80. The zero-order chi connectivity index (χ0) is 18.9. The Labute approximate surface area is 149 Å². The fourth-order valence-corrected chi connectivity index (χ4v) is 1.73. The van der Waals surface area contributed by atoms with E-state index in [-0.39, 0.29) is 12.2 Å². The largest absolute Gasteiger partial charge is 0.481 e. The van der Waals surface area contributed by atoms with E-state index in [0.29, 0.717) is 25.7 Å². The monoisotopic (exact) mass is 348 g/mol. The minimum Gasteiger partial charge on any atom is -0.481 e. The third-order valence-electron chi connectivity index (χ3n) is 3.15. The van der Waals surface area contributed by atoms with Crippen molar-refractivity contribution in [3.8, 4) is 0 Å². The van der Waals surface area contributed by atoms with Gasteiger partial charge < -0.3 is 15.3 Å². The minimum absolute atomic E-state index is 0.0561. The normalized spacial score (nSPS) is 15.2. The van der Waals surface area contributed by atoms with Crippen molar-refractivity contribution in [2.24, 2.45) is 0 Å². The highest BCUT2D eigenvalue weighted by Crippen LogP contribution is 2.02. The van der Waals surface area contributed by atoms with Crippen molar-refractivity contribution >= 4 is 11.8 Å². The molecule has 0 rings (SSSR count). The highest BCUT2D eigenvalue weighted by Gasteiger charge is 2.01. The van der Waals surface area contributed by atoms with Crippen LogP contribution in [0.3, 0.4) is 0 Å². The number of carbonyl (C=O) groups excluding carboxylic acids is 1. The lowest BCUT2D eigenvalue weighted by molar-refractivity contribution is -0.137. The van der Waals surface area contributed by atoms with Crippen LogP contribution in [-0.2, 0) is 9.59 Å². The van der Waals surface area contributed by atoms with Crippen molar-refractivity contribution in [1.29, 1.82) is 0 Å². The summed E-state index contributed by atoms with van der Waals surface area (Å²) in [5, 5.41) is 27.8. The summed E-state index contributed by atoms with van der Waals surface area (Å²) in [5.41, 5.74) is 0. The summed E-state index contributed by atoms with van der Waals surface area (Å²) in [6, 6.07) is 0. The topological polar surface area (TPSA) is 94.8 Å². The van der Waals surface area contributed by atoms with Gasteiger partial charge in [0.2, 0.25) is 0 Å². The number of hydrogen-bond acceptors (Lipinski definition) is 4. The van der Waals surface area contributed by atoms with Gasteiger partial charge in [-0.3, -0.25) is 9.59 Å².